The van der Waals surface area contributed by atoms with Crippen LogP contribution in [-0.4, -0.2) is 9.97 Å². The van der Waals surface area contributed by atoms with Gasteiger partial charge in [0.05, 0.1) is 0 Å². The smallest absolute Gasteiger partial charge is 0.196 e. The minimum Gasteiger partial charge on any atom is -0.450 e. The van der Waals surface area contributed by atoms with Gasteiger partial charge in [-0.05, 0) is 30.3 Å². The van der Waals surface area contributed by atoms with Gasteiger partial charge in [-0.15, -0.1) is 0 Å². The van der Waals surface area contributed by atoms with Crippen LogP contribution in [0, 0.1) is 0 Å². The molecule has 5 heteroatoms. The van der Waals surface area contributed by atoms with Gasteiger partial charge in [-0.1, -0.05) is 34.1 Å². The van der Waals surface area contributed by atoms with Crippen molar-refractivity contribution in [3.63, 3.8) is 0 Å². The zero-order chi connectivity index (χ0) is 14.2. The predicted octanol–water partition coefficient (Wildman–Crippen LogP) is 4.88. The average molecular weight is 340 g/mol. The molecule has 2 aromatic heterocycles. The molecule has 0 radical (unpaired) electrons. The number of hydrogen-bond donors (Lipinski definition) is 1. The second kappa shape index (κ2) is 4.86. The number of benzene rings is 2. The molecule has 0 aliphatic heterocycles. The third-order valence-electron chi connectivity index (χ3n) is 3.25. The number of nitrogens with one attached hydrogen (secondary N) is 1. The minimum atomic E-state index is 0.662. The van der Waals surface area contributed by atoms with Crippen molar-refractivity contribution < 1.29 is 4.42 Å². The zero-order valence-corrected chi connectivity index (χ0v) is 12.5. The Morgan fingerprint density at radius 1 is 1.00 bits per heavy atom. The summed E-state index contributed by atoms with van der Waals surface area (Å²) in [6.45, 7) is 0. The van der Waals surface area contributed by atoms with Crippen LogP contribution >= 0.6 is 15.9 Å². The highest BCUT2D eigenvalue weighted by Gasteiger charge is 2.13. The van der Waals surface area contributed by atoms with E-state index in [0.717, 1.165) is 26.6 Å². The summed E-state index contributed by atoms with van der Waals surface area (Å²) in [6, 6.07) is 15.7. The highest BCUT2D eigenvalue weighted by Crippen LogP contribution is 2.33. The lowest BCUT2D eigenvalue weighted by molar-refractivity contribution is 0.667. The maximum atomic E-state index is 5.90. The summed E-state index contributed by atoms with van der Waals surface area (Å²) in [5.74, 6) is 0.665. The van der Waals surface area contributed by atoms with Crippen LogP contribution < -0.4 is 5.32 Å². The Hall–Kier alpha value is -2.40. The van der Waals surface area contributed by atoms with E-state index in [1.807, 2.05) is 48.5 Å². The lowest BCUT2D eigenvalue weighted by atomic mass is 10.2. The number of furan rings is 1. The van der Waals surface area contributed by atoms with E-state index < -0.39 is 0 Å². The molecule has 4 aromatic rings. The van der Waals surface area contributed by atoms with Crippen LogP contribution in [0.4, 0.5) is 11.5 Å². The highest BCUT2D eigenvalue weighted by atomic mass is 79.9. The number of rotatable bonds is 2. The van der Waals surface area contributed by atoms with Gasteiger partial charge in [0.25, 0.3) is 0 Å². The molecule has 0 aliphatic carbocycles. The zero-order valence-electron chi connectivity index (χ0n) is 10.9. The van der Waals surface area contributed by atoms with Gasteiger partial charge in [-0.3, -0.25) is 0 Å². The molecule has 102 valence electrons. The van der Waals surface area contributed by atoms with Gasteiger partial charge < -0.3 is 9.73 Å². The van der Waals surface area contributed by atoms with Crippen molar-refractivity contribution in [3.8, 4) is 0 Å². The number of anilines is 2. The molecule has 4 nitrogen and oxygen atoms in total. The molecular formula is C16H10BrN3O. The minimum absolute atomic E-state index is 0.662. The molecule has 0 unspecified atom stereocenters. The first-order chi connectivity index (χ1) is 10.3. The van der Waals surface area contributed by atoms with E-state index in [-0.39, 0.29) is 0 Å². The lowest BCUT2D eigenvalue weighted by Crippen LogP contribution is -1.94. The summed E-state index contributed by atoms with van der Waals surface area (Å²) in [4.78, 5) is 8.64. The molecule has 1 N–H and O–H groups in total. The Kier molecular flexibility index (Phi) is 2.86. The number of halogens is 1. The summed E-state index contributed by atoms with van der Waals surface area (Å²) in [5, 5.41) is 4.24. The Balaban J connectivity index is 1.92. The maximum Gasteiger partial charge on any atom is 0.196 e. The number of nitrogens with zero attached hydrogens (tertiary/aromatic N) is 2. The fraction of sp³-hybridized carbons (Fsp3) is 0. The second-order valence-corrected chi connectivity index (χ2v) is 5.55. The first-order valence-corrected chi connectivity index (χ1v) is 7.25. The fourth-order valence-corrected chi connectivity index (χ4v) is 2.66. The molecular weight excluding hydrogens is 330 g/mol. The molecule has 0 saturated carbocycles. The van der Waals surface area contributed by atoms with Crippen molar-refractivity contribution in [2.24, 2.45) is 0 Å². The summed E-state index contributed by atoms with van der Waals surface area (Å²) in [7, 11) is 0. The van der Waals surface area contributed by atoms with E-state index in [1.165, 1.54) is 0 Å². The van der Waals surface area contributed by atoms with Crippen molar-refractivity contribution in [1.29, 1.82) is 0 Å². The maximum absolute atomic E-state index is 5.90. The van der Waals surface area contributed by atoms with Crippen molar-refractivity contribution in [3.05, 3.63) is 59.3 Å². The Bertz CT molecular complexity index is 934. The quantitative estimate of drug-likeness (QED) is 0.565. The number of fused-ring (bicyclic) bond motifs is 3. The SMILES string of the molecule is Brc1ccc2oc3c(Nc4ccccc4)ncnc3c2c1. The standard InChI is InChI=1S/C16H10BrN3O/c17-10-6-7-13-12(8-10)14-15(21-13)16(19-9-18-14)20-11-4-2-1-3-5-11/h1-9H,(H,18,19,20). The van der Waals surface area contributed by atoms with Crippen LogP contribution in [0.25, 0.3) is 22.1 Å². The van der Waals surface area contributed by atoms with E-state index in [0.29, 0.717) is 11.4 Å². The van der Waals surface area contributed by atoms with Crippen LogP contribution in [0.3, 0.4) is 0 Å². The van der Waals surface area contributed by atoms with E-state index in [1.54, 1.807) is 6.33 Å². The number of para-hydroxylation sites is 1. The lowest BCUT2D eigenvalue weighted by Gasteiger charge is -2.04. The Morgan fingerprint density at radius 2 is 1.86 bits per heavy atom. The van der Waals surface area contributed by atoms with Crippen molar-refractivity contribution in [2.75, 3.05) is 5.32 Å². The first kappa shape index (κ1) is 12.3. The van der Waals surface area contributed by atoms with Crippen molar-refractivity contribution in [1.82, 2.24) is 9.97 Å². The number of aromatic nitrogens is 2. The van der Waals surface area contributed by atoms with Gasteiger partial charge in [0, 0.05) is 15.5 Å². The van der Waals surface area contributed by atoms with Gasteiger partial charge in [0.2, 0.25) is 0 Å². The van der Waals surface area contributed by atoms with Crippen LogP contribution in [0.5, 0.6) is 0 Å². The molecule has 0 aliphatic rings. The molecule has 0 bridgehead atoms. The second-order valence-electron chi connectivity index (χ2n) is 4.63. The van der Waals surface area contributed by atoms with Crippen LogP contribution in [0.1, 0.15) is 0 Å². The monoisotopic (exact) mass is 339 g/mol. The fourth-order valence-electron chi connectivity index (χ4n) is 2.30. The third-order valence-corrected chi connectivity index (χ3v) is 3.74. The Morgan fingerprint density at radius 3 is 2.71 bits per heavy atom. The van der Waals surface area contributed by atoms with Crippen LogP contribution in [-0.2, 0) is 0 Å². The molecule has 0 spiro atoms. The number of hydrogen-bond acceptors (Lipinski definition) is 4. The van der Waals surface area contributed by atoms with E-state index >= 15 is 0 Å². The van der Waals surface area contributed by atoms with Crippen molar-refractivity contribution in [2.45, 2.75) is 0 Å². The van der Waals surface area contributed by atoms with Gasteiger partial charge in [0.1, 0.15) is 17.4 Å². The average Bonchev–Trinajstić information content (AvgIpc) is 2.88. The van der Waals surface area contributed by atoms with Crippen molar-refractivity contribution >= 4 is 49.5 Å². The van der Waals surface area contributed by atoms with Gasteiger partial charge in [-0.25, -0.2) is 9.97 Å². The van der Waals surface area contributed by atoms with E-state index in [4.69, 9.17) is 4.42 Å². The molecule has 2 heterocycles. The topological polar surface area (TPSA) is 51.0 Å². The van der Waals surface area contributed by atoms with Gasteiger partial charge in [0.15, 0.2) is 11.4 Å². The third kappa shape index (κ3) is 2.15. The van der Waals surface area contributed by atoms with Crippen LogP contribution in [0.15, 0.2) is 63.7 Å². The van der Waals surface area contributed by atoms with Gasteiger partial charge in [-0.2, -0.15) is 0 Å². The largest absolute Gasteiger partial charge is 0.450 e. The summed E-state index contributed by atoms with van der Waals surface area (Å²) < 4.78 is 6.90. The first-order valence-electron chi connectivity index (χ1n) is 6.46. The molecule has 2 aromatic carbocycles. The van der Waals surface area contributed by atoms with Gasteiger partial charge >= 0.3 is 0 Å². The van der Waals surface area contributed by atoms with Crippen LogP contribution in [0.2, 0.25) is 0 Å². The predicted molar refractivity (Wildman–Crippen MR) is 86.7 cm³/mol. The molecule has 0 fully saturated rings. The summed E-state index contributed by atoms with van der Waals surface area (Å²) in [6.07, 6.45) is 1.55. The Labute approximate surface area is 129 Å². The molecule has 0 saturated heterocycles. The molecule has 4 rings (SSSR count). The molecule has 21 heavy (non-hydrogen) atoms. The highest BCUT2D eigenvalue weighted by molar-refractivity contribution is 9.10. The summed E-state index contributed by atoms with van der Waals surface area (Å²) in [5.41, 5.74) is 3.22. The molecule has 0 atom stereocenters. The summed E-state index contributed by atoms with van der Waals surface area (Å²) >= 11 is 3.47. The van der Waals surface area contributed by atoms with E-state index in [9.17, 15) is 0 Å². The normalized spacial score (nSPS) is 11.1. The molecule has 0 amide bonds. The van der Waals surface area contributed by atoms with E-state index in [2.05, 4.69) is 31.2 Å².